The predicted molar refractivity (Wildman–Crippen MR) is 54.5 cm³/mol. The van der Waals surface area contributed by atoms with E-state index in [1.165, 1.54) is 0 Å². The SMILES string of the molecule is CCC(CC)(NCCN=[N+]=[N-])C(N)=O. The number of nitrogens with zero attached hydrogens (tertiary/aromatic N) is 3. The van der Waals surface area contributed by atoms with Gasteiger partial charge in [0.15, 0.2) is 0 Å². The summed E-state index contributed by atoms with van der Waals surface area (Å²) in [6.07, 6.45) is 1.27. The molecule has 3 N–H and O–H groups in total. The molecular formula is C8H17N5O. The van der Waals surface area contributed by atoms with Crippen molar-refractivity contribution in [1.82, 2.24) is 5.32 Å². The fourth-order valence-electron chi connectivity index (χ4n) is 1.33. The summed E-state index contributed by atoms with van der Waals surface area (Å²) in [6.45, 7) is 4.59. The van der Waals surface area contributed by atoms with Crippen molar-refractivity contribution in [1.29, 1.82) is 0 Å². The maximum Gasteiger partial charge on any atom is 0.237 e. The summed E-state index contributed by atoms with van der Waals surface area (Å²) in [6, 6.07) is 0. The Morgan fingerprint density at radius 3 is 2.50 bits per heavy atom. The number of amides is 1. The Morgan fingerprint density at radius 1 is 1.57 bits per heavy atom. The van der Waals surface area contributed by atoms with E-state index in [0.29, 0.717) is 25.9 Å². The van der Waals surface area contributed by atoms with E-state index in [0.717, 1.165) is 0 Å². The number of carbonyl (C=O) groups excluding carboxylic acids is 1. The molecule has 6 nitrogen and oxygen atoms in total. The minimum absolute atomic E-state index is 0.325. The number of rotatable bonds is 7. The minimum atomic E-state index is -0.662. The summed E-state index contributed by atoms with van der Waals surface area (Å²) in [5.41, 5.74) is 12.7. The van der Waals surface area contributed by atoms with Gasteiger partial charge in [-0.05, 0) is 18.4 Å². The molecule has 0 aliphatic rings. The second-order valence-electron chi connectivity index (χ2n) is 3.03. The molecule has 14 heavy (non-hydrogen) atoms. The zero-order valence-corrected chi connectivity index (χ0v) is 8.66. The lowest BCUT2D eigenvalue weighted by molar-refractivity contribution is -0.124. The Hall–Kier alpha value is -1.26. The highest BCUT2D eigenvalue weighted by molar-refractivity contribution is 5.84. The Kier molecular flexibility index (Phi) is 5.67. The predicted octanol–water partition coefficient (Wildman–Crippen LogP) is 0.930. The summed E-state index contributed by atoms with van der Waals surface area (Å²) in [7, 11) is 0. The van der Waals surface area contributed by atoms with Gasteiger partial charge in [0.2, 0.25) is 5.91 Å². The zero-order chi connectivity index (χ0) is 11.0. The smallest absolute Gasteiger partial charge is 0.237 e. The van der Waals surface area contributed by atoms with Gasteiger partial charge in [-0.3, -0.25) is 4.79 Å². The van der Waals surface area contributed by atoms with E-state index in [4.69, 9.17) is 11.3 Å². The average molecular weight is 199 g/mol. The maximum atomic E-state index is 11.2. The number of nitrogens with two attached hydrogens (primary N) is 1. The third kappa shape index (κ3) is 3.24. The fourth-order valence-corrected chi connectivity index (χ4v) is 1.33. The van der Waals surface area contributed by atoms with Crippen LogP contribution < -0.4 is 11.1 Å². The molecule has 0 aromatic rings. The summed E-state index contributed by atoms with van der Waals surface area (Å²) < 4.78 is 0. The molecule has 0 radical (unpaired) electrons. The van der Waals surface area contributed by atoms with E-state index in [2.05, 4.69) is 15.3 Å². The van der Waals surface area contributed by atoms with Crippen LogP contribution in [0.2, 0.25) is 0 Å². The molecule has 0 saturated carbocycles. The first kappa shape index (κ1) is 12.7. The Bertz CT molecular complexity index is 230. The lowest BCUT2D eigenvalue weighted by Crippen LogP contribution is -2.55. The van der Waals surface area contributed by atoms with Crippen LogP contribution in [-0.2, 0) is 4.79 Å². The highest BCUT2D eigenvalue weighted by atomic mass is 16.1. The first-order chi connectivity index (χ1) is 6.63. The van der Waals surface area contributed by atoms with Gasteiger partial charge in [-0.25, -0.2) is 0 Å². The normalized spacial score (nSPS) is 10.7. The van der Waals surface area contributed by atoms with Crippen LogP contribution in [0.5, 0.6) is 0 Å². The summed E-state index contributed by atoms with van der Waals surface area (Å²) in [5.74, 6) is -0.358. The van der Waals surface area contributed by atoms with Gasteiger partial charge in [0.05, 0.1) is 5.54 Å². The molecule has 0 aromatic heterocycles. The molecule has 0 unspecified atom stereocenters. The van der Waals surface area contributed by atoms with Crippen LogP contribution in [0, 0.1) is 0 Å². The molecule has 0 saturated heterocycles. The second-order valence-corrected chi connectivity index (χ2v) is 3.03. The van der Waals surface area contributed by atoms with E-state index in [-0.39, 0.29) is 5.91 Å². The Balaban J connectivity index is 4.21. The fraction of sp³-hybridized carbons (Fsp3) is 0.875. The van der Waals surface area contributed by atoms with Crippen molar-refractivity contribution < 1.29 is 4.79 Å². The van der Waals surface area contributed by atoms with E-state index in [9.17, 15) is 4.79 Å². The third-order valence-electron chi connectivity index (χ3n) is 2.42. The van der Waals surface area contributed by atoms with Crippen molar-refractivity contribution in [2.45, 2.75) is 32.2 Å². The van der Waals surface area contributed by atoms with Gasteiger partial charge in [-0.15, -0.1) is 0 Å². The summed E-state index contributed by atoms with van der Waals surface area (Å²) in [4.78, 5) is 13.8. The number of hydrogen-bond acceptors (Lipinski definition) is 3. The number of nitrogens with one attached hydrogen (secondary N) is 1. The molecule has 0 atom stereocenters. The zero-order valence-electron chi connectivity index (χ0n) is 8.66. The van der Waals surface area contributed by atoms with E-state index in [1.807, 2.05) is 13.8 Å². The standard InChI is InChI=1S/C8H17N5O/c1-3-8(4-2,7(9)14)11-5-6-12-13-10/h11H,3-6H2,1-2H3,(H2,9,14). The molecule has 0 heterocycles. The van der Waals surface area contributed by atoms with Crippen LogP contribution in [0.1, 0.15) is 26.7 Å². The first-order valence-electron chi connectivity index (χ1n) is 4.68. The number of carbonyl (C=O) groups is 1. The quantitative estimate of drug-likeness (QED) is 0.275. The van der Waals surface area contributed by atoms with Gasteiger partial charge >= 0.3 is 0 Å². The van der Waals surface area contributed by atoms with Crippen molar-refractivity contribution in [3.05, 3.63) is 10.4 Å². The first-order valence-corrected chi connectivity index (χ1v) is 4.68. The molecule has 0 spiro atoms. The van der Waals surface area contributed by atoms with Crippen molar-refractivity contribution in [3.8, 4) is 0 Å². The molecule has 6 heteroatoms. The molecule has 0 bridgehead atoms. The van der Waals surface area contributed by atoms with Gasteiger partial charge in [0, 0.05) is 18.0 Å². The van der Waals surface area contributed by atoms with Crippen molar-refractivity contribution in [2.24, 2.45) is 10.8 Å². The number of hydrogen-bond donors (Lipinski definition) is 2. The van der Waals surface area contributed by atoms with Gasteiger partial charge in [-0.1, -0.05) is 19.0 Å². The number of primary amides is 1. The third-order valence-corrected chi connectivity index (χ3v) is 2.42. The Morgan fingerprint density at radius 2 is 2.14 bits per heavy atom. The van der Waals surface area contributed by atoms with Crippen molar-refractivity contribution >= 4 is 5.91 Å². The monoisotopic (exact) mass is 199 g/mol. The maximum absolute atomic E-state index is 11.2. The molecule has 0 aromatic carbocycles. The van der Waals surface area contributed by atoms with Crippen LogP contribution in [0.25, 0.3) is 10.4 Å². The molecule has 80 valence electrons. The second kappa shape index (κ2) is 6.23. The largest absolute Gasteiger partial charge is 0.368 e. The van der Waals surface area contributed by atoms with Gasteiger partial charge in [0.1, 0.15) is 0 Å². The lowest BCUT2D eigenvalue weighted by Gasteiger charge is -2.29. The van der Waals surface area contributed by atoms with Crippen LogP contribution in [0.4, 0.5) is 0 Å². The summed E-state index contributed by atoms with van der Waals surface area (Å²) >= 11 is 0. The lowest BCUT2D eigenvalue weighted by atomic mass is 9.92. The van der Waals surface area contributed by atoms with Crippen LogP contribution in [0.15, 0.2) is 5.11 Å². The molecule has 0 rings (SSSR count). The summed E-state index contributed by atoms with van der Waals surface area (Å²) in [5, 5.41) is 6.40. The van der Waals surface area contributed by atoms with Crippen molar-refractivity contribution in [2.75, 3.05) is 13.1 Å². The van der Waals surface area contributed by atoms with Gasteiger partial charge < -0.3 is 11.1 Å². The topological polar surface area (TPSA) is 104 Å². The van der Waals surface area contributed by atoms with Gasteiger partial charge in [0.25, 0.3) is 0 Å². The Labute approximate surface area is 83.5 Å². The van der Waals surface area contributed by atoms with E-state index >= 15 is 0 Å². The number of azide groups is 1. The highest BCUT2D eigenvalue weighted by Crippen LogP contribution is 2.13. The molecular weight excluding hydrogens is 182 g/mol. The minimum Gasteiger partial charge on any atom is -0.368 e. The van der Waals surface area contributed by atoms with Crippen LogP contribution >= 0.6 is 0 Å². The van der Waals surface area contributed by atoms with E-state index in [1.54, 1.807) is 0 Å². The molecule has 0 fully saturated rings. The molecule has 0 aliphatic heterocycles. The average Bonchev–Trinajstić information content (AvgIpc) is 2.18. The molecule has 0 aliphatic carbocycles. The van der Waals surface area contributed by atoms with Crippen LogP contribution in [0.3, 0.4) is 0 Å². The molecule has 1 amide bonds. The van der Waals surface area contributed by atoms with Crippen LogP contribution in [-0.4, -0.2) is 24.5 Å². The van der Waals surface area contributed by atoms with Crippen molar-refractivity contribution in [3.63, 3.8) is 0 Å². The van der Waals surface area contributed by atoms with Gasteiger partial charge in [-0.2, -0.15) is 0 Å². The van der Waals surface area contributed by atoms with E-state index < -0.39 is 5.54 Å². The highest BCUT2D eigenvalue weighted by Gasteiger charge is 2.31.